The Morgan fingerprint density at radius 1 is 1.30 bits per heavy atom. The number of thiophene rings is 1. The molecule has 1 aromatic heterocycles. The van der Waals surface area contributed by atoms with Gasteiger partial charge in [0.1, 0.15) is 12.1 Å². The maximum Gasteiger partial charge on any atom is 0.325 e. The third kappa shape index (κ3) is 2.92. The number of fused-ring (bicyclic) bond motifs is 2. The Kier molecular flexibility index (Phi) is 4.26. The monoisotopic (exact) mass is 383 g/mol. The van der Waals surface area contributed by atoms with Gasteiger partial charge in [0, 0.05) is 16.1 Å². The molecule has 140 valence electrons. The highest BCUT2D eigenvalue weighted by Crippen LogP contribution is 2.42. The molecule has 0 saturated carbocycles. The minimum atomic E-state index is -1.01. The highest BCUT2D eigenvalue weighted by Gasteiger charge is 2.54. The number of hydrogen-bond donors (Lipinski definition) is 2. The van der Waals surface area contributed by atoms with Crippen LogP contribution in [0, 0.1) is 13.8 Å². The van der Waals surface area contributed by atoms with Gasteiger partial charge in [-0.05, 0) is 61.7 Å². The molecule has 0 radical (unpaired) electrons. The van der Waals surface area contributed by atoms with E-state index in [9.17, 15) is 14.4 Å². The van der Waals surface area contributed by atoms with Crippen molar-refractivity contribution >= 4 is 34.9 Å². The normalized spacial score (nSPS) is 21.3. The highest BCUT2D eigenvalue weighted by atomic mass is 32.1. The minimum absolute atomic E-state index is 0.292. The fourth-order valence-electron chi connectivity index (χ4n) is 3.89. The number of anilines is 1. The minimum Gasteiger partial charge on any atom is -0.324 e. The average Bonchev–Trinajstić information content (AvgIpc) is 3.19. The van der Waals surface area contributed by atoms with E-state index in [1.165, 1.54) is 0 Å². The van der Waals surface area contributed by atoms with Crippen molar-refractivity contribution in [3.05, 3.63) is 51.2 Å². The van der Waals surface area contributed by atoms with Crippen LogP contribution in [-0.4, -0.2) is 29.3 Å². The van der Waals surface area contributed by atoms with Gasteiger partial charge in [0.2, 0.25) is 5.91 Å². The van der Waals surface area contributed by atoms with Crippen LogP contribution in [0.15, 0.2) is 29.6 Å². The largest absolute Gasteiger partial charge is 0.325 e. The average molecular weight is 383 g/mol. The lowest BCUT2D eigenvalue weighted by atomic mass is 9.80. The molecule has 4 rings (SSSR count). The molecule has 0 unspecified atom stereocenters. The number of rotatable bonds is 3. The summed E-state index contributed by atoms with van der Waals surface area (Å²) in [4.78, 5) is 40.3. The quantitative estimate of drug-likeness (QED) is 0.800. The maximum absolute atomic E-state index is 13.1. The molecule has 1 aliphatic heterocycles. The van der Waals surface area contributed by atoms with Gasteiger partial charge >= 0.3 is 6.03 Å². The number of nitrogens with zero attached hydrogens (tertiary/aromatic N) is 1. The molecular formula is C20H21N3O3S. The summed E-state index contributed by atoms with van der Waals surface area (Å²) in [5.74, 6) is -0.714. The van der Waals surface area contributed by atoms with E-state index < -0.39 is 11.6 Å². The zero-order chi connectivity index (χ0) is 19.2. The van der Waals surface area contributed by atoms with Crippen molar-refractivity contribution < 1.29 is 14.4 Å². The first-order chi connectivity index (χ1) is 12.9. The molecule has 7 heteroatoms. The Morgan fingerprint density at radius 2 is 2.11 bits per heavy atom. The van der Waals surface area contributed by atoms with E-state index in [1.807, 2.05) is 43.5 Å². The van der Waals surface area contributed by atoms with Gasteiger partial charge in [-0.25, -0.2) is 4.79 Å². The van der Waals surface area contributed by atoms with Gasteiger partial charge in [-0.2, -0.15) is 0 Å². The van der Waals surface area contributed by atoms with Crippen LogP contribution in [0.1, 0.15) is 34.4 Å². The smallest absolute Gasteiger partial charge is 0.324 e. The second-order valence-corrected chi connectivity index (χ2v) is 8.21. The lowest BCUT2D eigenvalue weighted by Crippen LogP contribution is -2.46. The SMILES string of the molecule is Cc1ccc(C)c(NC(=O)CN2C(=O)N[C@]3(CCCc4sccc43)C2=O)c1. The number of urea groups is 1. The van der Waals surface area contributed by atoms with Gasteiger partial charge in [0.25, 0.3) is 5.91 Å². The Bertz CT molecular complexity index is 952. The van der Waals surface area contributed by atoms with Crippen LogP contribution in [-0.2, 0) is 21.5 Å². The molecule has 2 aromatic rings. The highest BCUT2D eigenvalue weighted by molar-refractivity contribution is 7.10. The molecular weight excluding hydrogens is 362 g/mol. The molecule has 2 N–H and O–H groups in total. The number of imide groups is 1. The van der Waals surface area contributed by atoms with Crippen LogP contribution in [0.4, 0.5) is 10.5 Å². The summed E-state index contributed by atoms with van der Waals surface area (Å²) < 4.78 is 0. The number of carbonyl (C=O) groups is 3. The lowest BCUT2D eigenvalue weighted by Gasteiger charge is -2.31. The summed E-state index contributed by atoms with van der Waals surface area (Å²) in [6, 6.07) is 7.17. The standard InChI is InChI=1S/C20H21N3O3S/c1-12-5-6-13(2)15(10-12)21-17(24)11-23-18(25)20(22-19(23)26)8-3-4-16-14(20)7-9-27-16/h5-7,9-10H,3-4,8,11H2,1-2H3,(H,21,24)(H,22,26)/t20-/m0/s1. The van der Waals surface area contributed by atoms with E-state index in [0.717, 1.165) is 39.3 Å². The second kappa shape index (κ2) is 6.49. The van der Waals surface area contributed by atoms with Crippen LogP contribution in [0.2, 0.25) is 0 Å². The van der Waals surface area contributed by atoms with Crippen molar-refractivity contribution in [1.82, 2.24) is 10.2 Å². The van der Waals surface area contributed by atoms with E-state index in [2.05, 4.69) is 10.6 Å². The summed E-state index contributed by atoms with van der Waals surface area (Å²) in [5, 5.41) is 7.63. The van der Waals surface area contributed by atoms with E-state index >= 15 is 0 Å². The summed E-state index contributed by atoms with van der Waals surface area (Å²) in [5.41, 5.74) is 2.52. The topological polar surface area (TPSA) is 78.5 Å². The van der Waals surface area contributed by atoms with Crippen LogP contribution < -0.4 is 10.6 Å². The van der Waals surface area contributed by atoms with E-state index in [1.54, 1.807) is 11.3 Å². The van der Waals surface area contributed by atoms with Crippen LogP contribution in [0.5, 0.6) is 0 Å². The third-order valence-electron chi connectivity index (χ3n) is 5.31. The number of benzene rings is 1. The van der Waals surface area contributed by atoms with Crippen LogP contribution >= 0.6 is 11.3 Å². The summed E-state index contributed by atoms with van der Waals surface area (Å²) in [6.07, 6.45) is 2.32. The Labute approximate surface area is 161 Å². The zero-order valence-electron chi connectivity index (χ0n) is 15.3. The summed E-state index contributed by atoms with van der Waals surface area (Å²) in [6.45, 7) is 3.55. The van der Waals surface area contributed by atoms with Crippen LogP contribution in [0.25, 0.3) is 0 Å². The van der Waals surface area contributed by atoms with E-state index in [0.29, 0.717) is 12.1 Å². The fourth-order valence-corrected chi connectivity index (χ4v) is 4.89. The zero-order valence-corrected chi connectivity index (χ0v) is 16.1. The van der Waals surface area contributed by atoms with E-state index in [-0.39, 0.29) is 18.4 Å². The molecule has 1 spiro atoms. The van der Waals surface area contributed by atoms with Gasteiger partial charge in [-0.15, -0.1) is 11.3 Å². The summed E-state index contributed by atoms with van der Waals surface area (Å²) >= 11 is 1.61. The number of amides is 4. The first-order valence-electron chi connectivity index (χ1n) is 8.99. The Morgan fingerprint density at radius 3 is 2.93 bits per heavy atom. The number of aryl methyl sites for hydroxylation is 3. The van der Waals surface area contributed by atoms with Gasteiger partial charge in [-0.3, -0.25) is 14.5 Å². The second-order valence-electron chi connectivity index (χ2n) is 7.20. The number of nitrogens with one attached hydrogen (secondary N) is 2. The van der Waals surface area contributed by atoms with Crippen molar-refractivity contribution in [2.24, 2.45) is 0 Å². The predicted octanol–water partition coefficient (Wildman–Crippen LogP) is 3.09. The molecule has 1 aromatic carbocycles. The molecule has 1 atom stereocenters. The maximum atomic E-state index is 13.1. The summed E-state index contributed by atoms with van der Waals surface area (Å²) in [7, 11) is 0. The van der Waals surface area contributed by atoms with Crippen LogP contribution in [0.3, 0.4) is 0 Å². The number of hydrogen-bond acceptors (Lipinski definition) is 4. The molecule has 0 bridgehead atoms. The fraction of sp³-hybridized carbons (Fsp3) is 0.350. The molecule has 6 nitrogen and oxygen atoms in total. The third-order valence-corrected chi connectivity index (χ3v) is 6.29. The van der Waals surface area contributed by atoms with Gasteiger partial charge in [0.15, 0.2) is 0 Å². The Hall–Kier alpha value is -2.67. The molecule has 2 aliphatic rings. The van der Waals surface area contributed by atoms with E-state index in [4.69, 9.17) is 0 Å². The molecule has 27 heavy (non-hydrogen) atoms. The van der Waals surface area contributed by atoms with Crippen molar-refractivity contribution in [3.8, 4) is 0 Å². The first kappa shape index (κ1) is 17.7. The van der Waals surface area contributed by atoms with Crippen molar-refractivity contribution in [2.45, 2.75) is 38.6 Å². The van der Waals surface area contributed by atoms with Gasteiger partial charge in [-0.1, -0.05) is 12.1 Å². The molecule has 1 fully saturated rings. The van der Waals surface area contributed by atoms with Crippen molar-refractivity contribution in [1.29, 1.82) is 0 Å². The van der Waals surface area contributed by atoms with Crippen molar-refractivity contribution in [2.75, 3.05) is 11.9 Å². The molecule has 2 heterocycles. The lowest BCUT2D eigenvalue weighted by molar-refractivity contribution is -0.134. The number of carbonyl (C=O) groups excluding carboxylic acids is 3. The predicted molar refractivity (Wildman–Crippen MR) is 104 cm³/mol. The molecule has 1 aliphatic carbocycles. The Balaban J connectivity index is 1.54. The molecule has 1 saturated heterocycles. The molecule has 4 amide bonds. The first-order valence-corrected chi connectivity index (χ1v) is 9.87. The van der Waals surface area contributed by atoms with Gasteiger partial charge in [0.05, 0.1) is 0 Å². The van der Waals surface area contributed by atoms with Gasteiger partial charge < -0.3 is 10.6 Å². The van der Waals surface area contributed by atoms with Crippen molar-refractivity contribution in [3.63, 3.8) is 0 Å².